The van der Waals surface area contributed by atoms with Crippen molar-refractivity contribution in [2.24, 2.45) is 0 Å². The number of anilines is 1. The number of fused-ring (bicyclic) bond motifs is 1. The van der Waals surface area contributed by atoms with E-state index in [0.717, 1.165) is 11.0 Å². The molecule has 7 heteroatoms. The number of esters is 1. The highest BCUT2D eigenvalue weighted by Crippen LogP contribution is 2.36. The predicted molar refractivity (Wildman–Crippen MR) is 90.9 cm³/mol. The lowest BCUT2D eigenvalue weighted by molar-refractivity contribution is -0.115. The first kappa shape index (κ1) is 16.8. The molecule has 4 nitrogen and oxygen atoms in total. The first-order valence-corrected chi connectivity index (χ1v) is 8.42. The second-order valence-electron chi connectivity index (χ2n) is 5.27. The normalized spacial score (nSPS) is 16.3. The maximum Gasteiger partial charge on any atom is 0.338 e. The van der Waals surface area contributed by atoms with Crippen LogP contribution in [0.1, 0.15) is 22.8 Å². The minimum atomic E-state index is -0.545. The summed E-state index contributed by atoms with van der Waals surface area (Å²) in [5, 5.41) is 2.79. The van der Waals surface area contributed by atoms with Gasteiger partial charge in [-0.1, -0.05) is 17.7 Å². The molecule has 0 spiro atoms. The summed E-state index contributed by atoms with van der Waals surface area (Å²) < 4.78 is 18.2. The van der Waals surface area contributed by atoms with E-state index in [2.05, 4.69) is 5.32 Å². The Morgan fingerprint density at radius 1 is 1.33 bits per heavy atom. The summed E-state index contributed by atoms with van der Waals surface area (Å²) in [5.41, 5.74) is 1.43. The number of rotatable bonds is 3. The number of ether oxygens (including phenoxy) is 1. The third kappa shape index (κ3) is 3.55. The summed E-state index contributed by atoms with van der Waals surface area (Å²) in [6.45, 7) is 1.75. The van der Waals surface area contributed by atoms with Crippen molar-refractivity contribution in [3.8, 4) is 0 Å². The van der Waals surface area contributed by atoms with Gasteiger partial charge in [0.2, 0.25) is 5.91 Å². The Hall–Kier alpha value is -2.05. The molecule has 0 radical (unpaired) electrons. The Kier molecular flexibility index (Phi) is 4.78. The molecule has 1 atom stereocenters. The van der Waals surface area contributed by atoms with E-state index in [1.54, 1.807) is 18.2 Å². The van der Waals surface area contributed by atoms with Gasteiger partial charge in [-0.2, -0.15) is 0 Å². The second kappa shape index (κ2) is 6.83. The molecule has 0 bridgehead atoms. The van der Waals surface area contributed by atoms with Crippen molar-refractivity contribution >= 4 is 40.9 Å². The molecular weight excluding hydrogens is 353 g/mol. The topological polar surface area (TPSA) is 55.4 Å². The molecular formula is C17H13ClFNO3S. The van der Waals surface area contributed by atoms with Gasteiger partial charge in [0.05, 0.1) is 21.5 Å². The van der Waals surface area contributed by atoms with E-state index in [9.17, 15) is 14.0 Å². The standard InChI is InChI=1S/C17H13ClFNO3S/c1-9-16(21)20-14-6-10(3-5-15(14)24-9)17(22)23-8-11-2-4-12(19)7-13(11)18/h2-7,9H,8H2,1H3,(H,20,21). The summed E-state index contributed by atoms with van der Waals surface area (Å²) in [7, 11) is 0. The minimum Gasteiger partial charge on any atom is -0.457 e. The Balaban J connectivity index is 1.72. The molecule has 1 N–H and O–H groups in total. The molecule has 0 aliphatic carbocycles. The van der Waals surface area contributed by atoms with Crippen LogP contribution in [-0.4, -0.2) is 17.1 Å². The van der Waals surface area contributed by atoms with Gasteiger partial charge in [0.1, 0.15) is 12.4 Å². The van der Waals surface area contributed by atoms with Crippen molar-refractivity contribution in [2.45, 2.75) is 23.7 Å². The predicted octanol–water partition coefficient (Wildman–Crippen LogP) is 4.27. The zero-order chi connectivity index (χ0) is 17.3. The third-order valence-electron chi connectivity index (χ3n) is 3.52. The molecule has 0 fully saturated rings. The fraction of sp³-hybridized carbons (Fsp3) is 0.176. The SMILES string of the molecule is CC1Sc2ccc(C(=O)OCc3ccc(F)cc3Cl)cc2NC1=O. The van der Waals surface area contributed by atoms with Gasteiger partial charge in [0.15, 0.2) is 0 Å². The Labute approximate surface area is 147 Å². The van der Waals surface area contributed by atoms with Crippen LogP contribution in [0.25, 0.3) is 0 Å². The van der Waals surface area contributed by atoms with Crippen molar-refractivity contribution in [1.82, 2.24) is 0 Å². The van der Waals surface area contributed by atoms with Gasteiger partial charge in [0.25, 0.3) is 0 Å². The van der Waals surface area contributed by atoms with Crippen molar-refractivity contribution in [3.05, 3.63) is 58.4 Å². The third-order valence-corrected chi connectivity index (χ3v) is 5.05. The van der Waals surface area contributed by atoms with E-state index in [-0.39, 0.29) is 22.8 Å². The summed E-state index contributed by atoms with van der Waals surface area (Å²) in [6, 6.07) is 8.89. The van der Waals surface area contributed by atoms with Crippen molar-refractivity contribution in [1.29, 1.82) is 0 Å². The Bertz CT molecular complexity index is 827. The number of halogens is 2. The van der Waals surface area contributed by atoms with Gasteiger partial charge in [-0.25, -0.2) is 9.18 Å². The van der Waals surface area contributed by atoms with Crippen molar-refractivity contribution < 1.29 is 18.7 Å². The molecule has 1 amide bonds. The molecule has 124 valence electrons. The molecule has 3 rings (SSSR count). The molecule has 1 aliphatic heterocycles. The average molecular weight is 366 g/mol. The number of hydrogen-bond acceptors (Lipinski definition) is 4. The van der Waals surface area contributed by atoms with Crippen molar-refractivity contribution in [3.63, 3.8) is 0 Å². The number of hydrogen-bond donors (Lipinski definition) is 1. The number of carbonyl (C=O) groups excluding carboxylic acids is 2. The van der Waals surface area contributed by atoms with Crippen LogP contribution in [0.5, 0.6) is 0 Å². The summed E-state index contributed by atoms with van der Waals surface area (Å²) in [4.78, 5) is 24.8. The van der Waals surface area contributed by atoms with Crippen LogP contribution in [0.15, 0.2) is 41.3 Å². The highest BCUT2D eigenvalue weighted by Gasteiger charge is 2.24. The van der Waals surface area contributed by atoms with E-state index in [4.69, 9.17) is 16.3 Å². The van der Waals surface area contributed by atoms with Crippen LogP contribution in [0.4, 0.5) is 10.1 Å². The average Bonchev–Trinajstić information content (AvgIpc) is 2.54. The lowest BCUT2D eigenvalue weighted by Crippen LogP contribution is -2.26. The van der Waals surface area contributed by atoms with Crippen LogP contribution in [-0.2, 0) is 16.1 Å². The summed E-state index contributed by atoms with van der Waals surface area (Å²) >= 11 is 7.34. The van der Waals surface area contributed by atoms with Gasteiger partial charge in [0, 0.05) is 10.5 Å². The quantitative estimate of drug-likeness (QED) is 0.825. The molecule has 2 aromatic rings. The van der Waals surface area contributed by atoms with Crippen molar-refractivity contribution in [2.75, 3.05) is 5.32 Å². The number of thioether (sulfide) groups is 1. The molecule has 2 aromatic carbocycles. The van der Waals surface area contributed by atoms with Gasteiger partial charge >= 0.3 is 5.97 Å². The van der Waals surface area contributed by atoms with E-state index in [1.165, 1.54) is 23.9 Å². The summed E-state index contributed by atoms with van der Waals surface area (Å²) in [5.74, 6) is -1.10. The zero-order valence-electron chi connectivity index (χ0n) is 12.6. The lowest BCUT2D eigenvalue weighted by Gasteiger charge is -2.21. The maximum atomic E-state index is 13.0. The largest absolute Gasteiger partial charge is 0.457 e. The van der Waals surface area contributed by atoms with Crippen LogP contribution in [0.3, 0.4) is 0 Å². The van der Waals surface area contributed by atoms with Crippen LogP contribution < -0.4 is 5.32 Å². The van der Waals surface area contributed by atoms with Gasteiger partial charge in [-0.3, -0.25) is 4.79 Å². The monoisotopic (exact) mass is 365 g/mol. The van der Waals surface area contributed by atoms with Gasteiger partial charge < -0.3 is 10.1 Å². The molecule has 24 heavy (non-hydrogen) atoms. The Morgan fingerprint density at radius 3 is 2.88 bits per heavy atom. The maximum absolute atomic E-state index is 13.0. The molecule has 1 aliphatic rings. The first-order chi connectivity index (χ1) is 11.4. The zero-order valence-corrected chi connectivity index (χ0v) is 14.2. The molecule has 0 saturated heterocycles. The number of amides is 1. The smallest absolute Gasteiger partial charge is 0.338 e. The minimum absolute atomic E-state index is 0.0623. The molecule has 0 aromatic heterocycles. The number of benzene rings is 2. The lowest BCUT2D eigenvalue weighted by atomic mass is 10.2. The number of nitrogens with one attached hydrogen (secondary N) is 1. The molecule has 0 saturated carbocycles. The highest BCUT2D eigenvalue weighted by atomic mass is 35.5. The molecule has 1 unspecified atom stereocenters. The highest BCUT2D eigenvalue weighted by molar-refractivity contribution is 8.00. The number of carbonyl (C=O) groups is 2. The first-order valence-electron chi connectivity index (χ1n) is 7.16. The fourth-order valence-corrected chi connectivity index (χ4v) is 3.35. The van der Waals surface area contributed by atoms with Crippen LogP contribution in [0.2, 0.25) is 5.02 Å². The van der Waals surface area contributed by atoms with Gasteiger partial charge in [-0.15, -0.1) is 11.8 Å². The van der Waals surface area contributed by atoms with E-state index >= 15 is 0 Å². The fourth-order valence-electron chi connectivity index (χ4n) is 2.20. The Morgan fingerprint density at radius 2 is 2.12 bits per heavy atom. The van der Waals surface area contributed by atoms with Gasteiger partial charge in [-0.05, 0) is 37.3 Å². The molecule has 1 heterocycles. The second-order valence-corrected chi connectivity index (χ2v) is 7.06. The van der Waals surface area contributed by atoms with Crippen LogP contribution in [0, 0.1) is 5.82 Å². The summed E-state index contributed by atoms with van der Waals surface area (Å²) in [6.07, 6.45) is 0. The van der Waals surface area contributed by atoms with Crippen LogP contribution >= 0.6 is 23.4 Å². The van der Waals surface area contributed by atoms with E-state index in [1.807, 2.05) is 6.92 Å². The van der Waals surface area contributed by atoms with E-state index < -0.39 is 11.8 Å². The van der Waals surface area contributed by atoms with E-state index in [0.29, 0.717) is 16.8 Å².